The molecule has 0 aromatic carbocycles. The maximum Gasteiger partial charge on any atom is 0.252 e. The van der Waals surface area contributed by atoms with Crippen molar-refractivity contribution in [1.82, 2.24) is 4.90 Å². The van der Waals surface area contributed by atoms with Crippen LogP contribution in [0, 0.1) is 0 Å². The third-order valence-corrected chi connectivity index (χ3v) is 2.56. The Morgan fingerprint density at radius 3 is 2.46 bits per heavy atom. The van der Waals surface area contributed by atoms with Gasteiger partial charge in [0.1, 0.15) is 12.5 Å². The minimum atomic E-state index is -0.102. The topological polar surface area (TPSA) is 47.7 Å². The Balaban J connectivity index is 1.70. The molecular formula is C9H16N2O2. The molecule has 4 nitrogen and oxygen atoms in total. The molecule has 2 aliphatic rings. The SMILES string of the molecule is NC1CCN(CC2OC=CO2)CC1. The molecule has 0 bridgehead atoms. The van der Waals surface area contributed by atoms with E-state index in [0.29, 0.717) is 6.04 Å². The van der Waals surface area contributed by atoms with Gasteiger partial charge >= 0.3 is 0 Å². The van der Waals surface area contributed by atoms with Crippen molar-refractivity contribution in [3.63, 3.8) is 0 Å². The second-order valence-corrected chi connectivity index (χ2v) is 3.61. The molecule has 0 unspecified atom stereocenters. The molecule has 1 fully saturated rings. The Morgan fingerprint density at radius 2 is 1.85 bits per heavy atom. The summed E-state index contributed by atoms with van der Waals surface area (Å²) < 4.78 is 10.4. The van der Waals surface area contributed by atoms with Crippen molar-refractivity contribution in [2.24, 2.45) is 5.73 Å². The lowest BCUT2D eigenvalue weighted by Gasteiger charge is -2.30. The van der Waals surface area contributed by atoms with Gasteiger partial charge in [-0.2, -0.15) is 0 Å². The molecule has 13 heavy (non-hydrogen) atoms. The van der Waals surface area contributed by atoms with Gasteiger partial charge in [0, 0.05) is 6.04 Å². The number of likely N-dealkylation sites (tertiary alicyclic amines) is 1. The second kappa shape index (κ2) is 3.98. The molecule has 2 rings (SSSR count). The molecule has 2 heterocycles. The molecule has 0 aromatic rings. The van der Waals surface area contributed by atoms with Gasteiger partial charge in [-0.15, -0.1) is 0 Å². The average Bonchev–Trinajstić information content (AvgIpc) is 2.62. The van der Waals surface area contributed by atoms with Gasteiger partial charge in [-0.25, -0.2) is 0 Å². The molecule has 2 aliphatic heterocycles. The zero-order valence-corrected chi connectivity index (χ0v) is 7.69. The first kappa shape index (κ1) is 8.84. The summed E-state index contributed by atoms with van der Waals surface area (Å²) in [4.78, 5) is 2.33. The van der Waals surface area contributed by atoms with Gasteiger partial charge in [-0.1, -0.05) is 0 Å². The van der Waals surface area contributed by atoms with E-state index in [1.807, 2.05) is 0 Å². The summed E-state index contributed by atoms with van der Waals surface area (Å²) in [6.07, 6.45) is 5.26. The number of hydrogen-bond donors (Lipinski definition) is 1. The van der Waals surface area contributed by atoms with E-state index >= 15 is 0 Å². The standard InChI is InChI=1S/C9H16N2O2/c10-8-1-3-11(4-2-8)7-9-12-5-6-13-9/h5-6,8-9H,1-4,7,10H2. The van der Waals surface area contributed by atoms with Crippen molar-refractivity contribution >= 4 is 0 Å². The van der Waals surface area contributed by atoms with Gasteiger partial charge in [0.05, 0.1) is 6.54 Å². The van der Waals surface area contributed by atoms with Crippen molar-refractivity contribution in [1.29, 1.82) is 0 Å². The summed E-state index contributed by atoms with van der Waals surface area (Å²) in [5, 5.41) is 0. The average molecular weight is 184 g/mol. The smallest absolute Gasteiger partial charge is 0.252 e. The quantitative estimate of drug-likeness (QED) is 0.668. The van der Waals surface area contributed by atoms with Crippen molar-refractivity contribution in [2.75, 3.05) is 19.6 Å². The molecule has 0 saturated carbocycles. The number of rotatable bonds is 2. The van der Waals surface area contributed by atoms with E-state index in [2.05, 4.69) is 4.90 Å². The van der Waals surface area contributed by atoms with Crippen LogP contribution < -0.4 is 5.73 Å². The summed E-state index contributed by atoms with van der Waals surface area (Å²) in [6, 6.07) is 0.389. The third kappa shape index (κ3) is 2.35. The van der Waals surface area contributed by atoms with Gasteiger partial charge in [-0.05, 0) is 25.9 Å². The Kier molecular flexibility index (Phi) is 2.71. The third-order valence-electron chi connectivity index (χ3n) is 2.56. The van der Waals surface area contributed by atoms with Gasteiger partial charge in [0.25, 0.3) is 6.29 Å². The summed E-state index contributed by atoms with van der Waals surface area (Å²) in [5.41, 5.74) is 5.80. The van der Waals surface area contributed by atoms with Crippen LogP contribution in [0.15, 0.2) is 12.5 Å². The highest BCUT2D eigenvalue weighted by atomic mass is 16.7. The van der Waals surface area contributed by atoms with E-state index in [9.17, 15) is 0 Å². The van der Waals surface area contributed by atoms with Gasteiger partial charge in [-0.3, -0.25) is 4.90 Å². The van der Waals surface area contributed by atoms with Crippen molar-refractivity contribution in [3.8, 4) is 0 Å². The van der Waals surface area contributed by atoms with Crippen LogP contribution in [-0.2, 0) is 9.47 Å². The molecule has 2 N–H and O–H groups in total. The van der Waals surface area contributed by atoms with E-state index in [0.717, 1.165) is 32.5 Å². The molecule has 0 spiro atoms. The normalized spacial score (nSPS) is 25.9. The van der Waals surface area contributed by atoms with E-state index in [1.165, 1.54) is 0 Å². The van der Waals surface area contributed by atoms with E-state index in [1.54, 1.807) is 12.5 Å². The molecule has 74 valence electrons. The van der Waals surface area contributed by atoms with Crippen LogP contribution in [0.1, 0.15) is 12.8 Å². The Bertz CT molecular complexity index is 180. The zero-order chi connectivity index (χ0) is 9.10. The number of nitrogens with zero attached hydrogens (tertiary/aromatic N) is 1. The molecule has 4 heteroatoms. The van der Waals surface area contributed by atoms with Crippen LogP contribution in [-0.4, -0.2) is 36.9 Å². The molecule has 0 amide bonds. The Labute approximate surface area is 78.3 Å². The zero-order valence-electron chi connectivity index (χ0n) is 7.69. The molecule has 0 radical (unpaired) electrons. The summed E-state index contributed by atoms with van der Waals surface area (Å²) in [5.74, 6) is 0. The summed E-state index contributed by atoms with van der Waals surface area (Å²) in [6.45, 7) is 2.97. The predicted octanol–water partition coefficient (Wildman–Crippen LogP) is 0.254. The van der Waals surface area contributed by atoms with E-state index in [4.69, 9.17) is 15.2 Å². The predicted molar refractivity (Wildman–Crippen MR) is 48.7 cm³/mol. The monoisotopic (exact) mass is 184 g/mol. The highest BCUT2D eigenvalue weighted by molar-refractivity contribution is 4.78. The van der Waals surface area contributed by atoms with Gasteiger partial charge < -0.3 is 15.2 Å². The maximum absolute atomic E-state index is 5.80. The fourth-order valence-corrected chi connectivity index (χ4v) is 1.70. The van der Waals surface area contributed by atoms with Crippen molar-refractivity contribution in [3.05, 3.63) is 12.5 Å². The minimum Gasteiger partial charge on any atom is -0.458 e. The first-order valence-electron chi connectivity index (χ1n) is 4.78. The van der Waals surface area contributed by atoms with Crippen LogP contribution in [0.3, 0.4) is 0 Å². The largest absolute Gasteiger partial charge is 0.458 e. The molecular weight excluding hydrogens is 168 g/mol. The van der Waals surface area contributed by atoms with Crippen LogP contribution in [0.5, 0.6) is 0 Å². The number of nitrogens with two attached hydrogens (primary N) is 1. The molecule has 0 aromatic heterocycles. The van der Waals surface area contributed by atoms with Crippen LogP contribution in [0.25, 0.3) is 0 Å². The molecule has 1 saturated heterocycles. The summed E-state index contributed by atoms with van der Waals surface area (Å²) in [7, 11) is 0. The first-order chi connectivity index (χ1) is 6.34. The lowest BCUT2D eigenvalue weighted by atomic mass is 10.1. The second-order valence-electron chi connectivity index (χ2n) is 3.61. The van der Waals surface area contributed by atoms with Crippen LogP contribution in [0.2, 0.25) is 0 Å². The van der Waals surface area contributed by atoms with Crippen molar-refractivity contribution < 1.29 is 9.47 Å². The number of piperidine rings is 1. The van der Waals surface area contributed by atoms with E-state index in [-0.39, 0.29) is 6.29 Å². The first-order valence-corrected chi connectivity index (χ1v) is 4.78. The van der Waals surface area contributed by atoms with Crippen molar-refractivity contribution in [2.45, 2.75) is 25.2 Å². The Hall–Kier alpha value is -0.740. The minimum absolute atomic E-state index is 0.102. The Morgan fingerprint density at radius 1 is 1.23 bits per heavy atom. The van der Waals surface area contributed by atoms with E-state index < -0.39 is 0 Å². The lowest BCUT2D eigenvalue weighted by molar-refractivity contribution is -0.0486. The number of ether oxygens (including phenoxy) is 2. The number of hydrogen-bond acceptors (Lipinski definition) is 4. The van der Waals surface area contributed by atoms with Gasteiger partial charge in [0.2, 0.25) is 0 Å². The molecule has 0 aliphatic carbocycles. The highest BCUT2D eigenvalue weighted by Crippen LogP contribution is 2.12. The fourth-order valence-electron chi connectivity index (χ4n) is 1.70. The highest BCUT2D eigenvalue weighted by Gasteiger charge is 2.21. The fraction of sp³-hybridized carbons (Fsp3) is 0.778. The summed E-state index contributed by atoms with van der Waals surface area (Å²) >= 11 is 0. The maximum atomic E-state index is 5.80. The molecule has 0 atom stereocenters. The van der Waals surface area contributed by atoms with Crippen LogP contribution >= 0.6 is 0 Å². The van der Waals surface area contributed by atoms with Crippen LogP contribution in [0.4, 0.5) is 0 Å². The van der Waals surface area contributed by atoms with Gasteiger partial charge in [0.15, 0.2) is 0 Å². The lowest BCUT2D eigenvalue weighted by Crippen LogP contribution is -2.43.